The van der Waals surface area contributed by atoms with E-state index in [9.17, 15) is 4.79 Å². The van der Waals surface area contributed by atoms with Gasteiger partial charge in [-0.15, -0.1) is 0 Å². The maximum absolute atomic E-state index is 11.3. The first-order valence-electron chi connectivity index (χ1n) is 3.86. The summed E-state index contributed by atoms with van der Waals surface area (Å²) >= 11 is 1.37. The zero-order valence-corrected chi connectivity index (χ0v) is 9.01. The van der Waals surface area contributed by atoms with Crippen LogP contribution in [-0.4, -0.2) is 29.3 Å². The summed E-state index contributed by atoms with van der Waals surface area (Å²) in [6.07, 6.45) is 1.84. The van der Waals surface area contributed by atoms with Crippen LogP contribution in [0.4, 0.5) is 5.82 Å². The Bertz CT molecular complexity index is 345. The van der Waals surface area contributed by atoms with Gasteiger partial charge in [0.25, 0.3) is 0 Å². The zero-order chi connectivity index (χ0) is 10.7. The standard InChI is InChI=1S/C8H11N3O2S.CH4/c1-4-5(7(12)13-2)6(9)11-8(10-4)14-3;/h1-3H3,(H2,9,10,11);1H4. The number of nitrogens with two attached hydrogens (primary N) is 1. The lowest BCUT2D eigenvalue weighted by Crippen LogP contribution is -2.11. The number of aromatic nitrogens is 2. The van der Waals surface area contributed by atoms with Crippen molar-refractivity contribution in [3.8, 4) is 0 Å². The van der Waals surface area contributed by atoms with E-state index in [-0.39, 0.29) is 18.8 Å². The van der Waals surface area contributed by atoms with Gasteiger partial charge >= 0.3 is 5.97 Å². The van der Waals surface area contributed by atoms with Gasteiger partial charge < -0.3 is 10.5 Å². The fraction of sp³-hybridized carbons (Fsp3) is 0.444. The number of nitrogens with zero attached hydrogens (tertiary/aromatic N) is 2. The third-order valence-corrected chi connectivity index (χ3v) is 2.22. The molecule has 0 atom stereocenters. The molecule has 0 saturated heterocycles. The number of hydrogen-bond acceptors (Lipinski definition) is 6. The molecule has 2 N–H and O–H groups in total. The van der Waals surface area contributed by atoms with Crippen molar-refractivity contribution in [1.82, 2.24) is 9.97 Å². The van der Waals surface area contributed by atoms with Crippen LogP contribution >= 0.6 is 11.8 Å². The number of ether oxygens (including phenoxy) is 1. The van der Waals surface area contributed by atoms with Gasteiger partial charge in [-0.25, -0.2) is 14.8 Å². The SMILES string of the molecule is C.COC(=O)c1c(C)nc(SC)nc1N. The molecular formula is C9H15N3O2S. The number of carbonyl (C=O) groups is 1. The molecule has 0 amide bonds. The van der Waals surface area contributed by atoms with Crippen molar-refractivity contribution in [2.24, 2.45) is 0 Å². The zero-order valence-electron chi connectivity index (χ0n) is 8.20. The van der Waals surface area contributed by atoms with Gasteiger partial charge in [0.05, 0.1) is 12.8 Å². The van der Waals surface area contributed by atoms with E-state index in [1.165, 1.54) is 18.9 Å². The summed E-state index contributed by atoms with van der Waals surface area (Å²) in [7, 11) is 1.30. The van der Waals surface area contributed by atoms with Crippen LogP contribution < -0.4 is 5.73 Å². The van der Waals surface area contributed by atoms with Crippen LogP contribution in [0.15, 0.2) is 5.16 Å². The fourth-order valence-electron chi connectivity index (χ4n) is 1.01. The third-order valence-electron chi connectivity index (χ3n) is 1.67. The van der Waals surface area contributed by atoms with E-state index in [1.54, 1.807) is 6.92 Å². The van der Waals surface area contributed by atoms with E-state index in [4.69, 9.17) is 5.73 Å². The van der Waals surface area contributed by atoms with Gasteiger partial charge in [-0.05, 0) is 13.2 Å². The van der Waals surface area contributed by atoms with Gasteiger partial charge in [0, 0.05) is 0 Å². The first-order valence-corrected chi connectivity index (χ1v) is 5.09. The Kier molecular flexibility index (Phi) is 5.07. The number of rotatable bonds is 2. The molecular weight excluding hydrogens is 214 g/mol. The first-order chi connectivity index (χ1) is 6.60. The van der Waals surface area contributed by atoms with E-state index >= 15 is 0 Å². The largest absolute Gasteiger partial charge is 0.465 e. The highest BCUT2D eigenvalue weighted by molar-refractivity contribution is 7.98. The number of aryl methyl sites for hydroxylation is 1. The Balaban J connectivity index is 0.00000196. The fourth-order valence-corrected chi connectivity index (χ4v) is 1.43. The summed E-state index contributed by atoms with van der Waals surface area (Å²) in [5.74, 6) is -0.346. The van der Waals surface area contributed by atoms with Crippen LogP contribution in [0.1, 0.15) is 23.5 Å². The monoisotopic (exact) mass is 229 g/mol. The Labute approximate surface area is 93.4 Å². The van der Waals surface area contributed by atoms with Crippen molar-refractivity contribution in [3.05, 3.63) is 11.3 Å². The second kappa shape index (κ2) is 5.55. The lowest BCUT2D eigenvalue weighted by molar-refractivity contribution is 0.0600. The minimum absolute atomic E-state index is 0. The van der Waals surface area contributed by atoms with E-state index < -0.39 is 5.97 Å². The van der Waals surface area contributed by atoms with E-state index in [1.807, 2.05) is 6.26 Å². The molecule has 0 aliphatic carbocycles. The van der Waals surface area contributed by atoms with E-state index in [0.29, 0.717) is 10.9 Å². The smallest absolute Gasteiger partial charge is 0.343 e. The summed E-state index contributed by atoms with van der Waals surface area (Å²) in [6, 6.07) is 0. The summed E-state index contributed by atoms with van der Waals surface area (Å²) < 4.78 is 4.57. The van der Waals surface area contributed by atoms with Crippen LogP contribution in [0.25, 0.3) is 0 Å². The molecule has 0 bridgehead atoms. The van der Waals surface area contributed by atoms with Gasteiger partial charge in [0.1, 0.15) is 11.4 Å². The molecule has 0 fully saturated rings. The normalized spacial score (nSPS) is 9.27. The number of esters is 1. The van der Waals surface area contributed by atoms with Crippen molar-refractivity contribution < 1.29 is 9.53 Å². The molecule has 0 aromatic carbocycles. The maximum Gasteiger partial charge on any atom is 0.343 e. The molecule has 0 aliphatic heterocycles. The van der Waals surface area contributed by atoms with Crippen LogP contribution in [0.3, 0.4) is 0 Å². The minimum Gasteiger partial charge on any atom is -0.465 e. The molecule has 0 aliphatic rings. The summed E-state index contributed by atoms with van der Waals surface area (Å²) in [6.45, 7) is 1.70. The Morgan fingerprint density at radius 1 is 1.47 bits per heavy atom. The van der Waals surface area contributed by atoms with Gasteiger partial charge in [-0.3, -0.25) is 0 Å². The number of nitrogen functional groups attached to an aromatic ring is 1. The molecule has 1 rings (SSSR count). The van der Waals surface area contributed by atoms with Crippen LogP contribution in [0.2, 0.25) is 0 Å². The van der Waals surface area contributed by atoms with Crippen molar-refractivity contribution in [1.29, 1.82) is 0 Å². The molecule has 0 radical (unpaired) electrons. The summed E-state index contributed by atoms with van der Waals surface area (Å²) in [5, 5.41) is 0.549. The highest BCUT2D eigenvalue weighted by Gasteiger charge is 2.16. The molecule has 1 aromatic rings. The molecule has 1 aromatic heterocycles. The molecule has 5 nitrogen and oxygen atoms in total. The molecule has 1 heterocycles. The number of thioether (sulfide) groups is 1. The Morgan fingerprint density at radius 3 is 2.47 bits per heavy atom. The second-order valence-electron chi connectivity index (χ2n) is 2.55. The van der Waals surface area contributed by atoms with Crippen molar-refractivity contribution in [2.45, 2.75) is 19.5 Å². The van der Waals surface area contributed by atoms with Gasteiger partial charge in [0.2, 0.25) is 0 Å². The summed E-state index contributed by atoms with van der Waals surface area (Å²) in [4.78, 5) is 19.3. The van der Waals surface area contributed by atoms with Crippen LogP contribution in [0.5, 0.6) is 0 Å². The van der Waals surface area contributed by atoms with E-state index in [2.05, 4.69) is 14.7 Å². The average Bonchev–Trinajstić information content (AvgIpc) is 2.16. The number of anilines is 1. The van der Waals surface area contributed by atoms with E-state index in [0.717, 1.165) is 0 Å². The topological polar surface area (TPSA) is 78.1 Å². The summed E-state index contributed by atoms with van der Waals surface area (Å²) in [5.41, 5.74) is 6.39. The van der Waals surface area contributed by atoms with Gasteiger partial charge in [-0.2, -0.15) is 0 Å². The average molecular weight is 229 g/mol. The molecule has 6 heteroatoms. The van der Waals surface area contributed by atoms with Crippen LogP contribution in [-0.2, 0) is 4.74 Å². The number of methoxy groups -OCH3 is 1. The first kappa shape index (κ1) is 13.7. The van der Waals surface area contributed by atoms with Gasteiger partial charge in [-0.1, -0.05) is 19.2 Å². The third kappa shape index (κ3) is 2.82. The minimum atomic E-state index is -0.507. The van der Waals surface area contributed by atoms with Crippen LogP contribution in [0, 0.1) is 6.92 Å². The van der Waals surface area contributed by atoms with Crippen molar-refractivity contribution in [2.75, 3.05) is 19.1 Å². The molecule has 0 spiro atoms. The number of carbonyl (C=O) groups excluding carboxylic acids is 1. The Hall–Kier alpha value is -1.30. The van der Waals surface area contributed by atoms with Crippen molar-refractivity contribution in [3.63, 3.8) is 0 Å². The van der Waals surface area contributed by atoms with Crippen molar-refractivity contribution >= 4 is 23.5 Å². The molecule has 0 saturated carbocycles. The predicted octanol–water partition coefficient (Wildman–Crippen LogP) is 1.51. The number of hydrogen-bond donors (Lipinski definition) is 1. The predicted molar refractivity (Wildman–Crippen MR) is 61.0 cm³/mol. The lowest BCUT2D eigenvalue weighted by Gasteiger charge is -2.06. The highest BCUT2D eigenvalue weighted by Crippen LogP contribution is 2.18. The highest BCUT2D eigenvalue weighted by atomic mass is 32.2. The quantitative estimate of drug-likeness (QED) is 0.470. The molecule has 15 heavy (non-hydrogen) atoms. The lowest BCUT2D eigenvalue weighted by atomic mass is 10.2. The molecule has 84 valence electrons. The Morgan fingerprint density at radius 2 is 2.07 bits per heavy atom. The second-order valence-corrected chi connectivity index (χ2v) is 3.32. The maximum atomic E-state index is 11.3. The molecule has 0 unspecified atom stereocenters. The van der Waals surface area contributed by atoms with Gasteiger partial charge in [0.15, 0.2) is 5.16 Å².